The smallest absolute Gasteiger partial charge is 0.238 e. The first-order chi connectivity index (χ1) is 12.5. The van der Waals surface area contributed by atoms with Crippen molar-refractivity contribution in [3.63, 3.8) is 0 Å². The molecular formula is C20H22N4O2. The zero-order chi connectivity index (χ0) is 18.5. The highest BCUT2D eigenvalue weighted by molar-refractivity contribution is 5.97. The number of H-pyrrole nitrogens is 1. The third-order valence-electron chi connectivity index (χ3n) is 3.92. The first kappa shape index (κ1) is 17.7. The third kappa shape index (κ3) is 4.49. The van der Waals surface area contributed by atoms with Crippen molar-refractivity contribution in [2.75, 3.05) is 31.3 Å². The van der Waals surface area contributed by atoms with Crippen LogP contribution in [-0.2, 0) is 16.0 Å². The van der Waals surface area contributed by atoms with Crippen molar-refractivity contribution in [3.05, 3.63) is 60.3 Å². The van der Waals surface area contributed by atoms with Crippen molar-refractivity contribution >= 4 is 34.1 Å². The van der Waals surface area contributed by atoms with Gasteiger partial charge in [0, 0.05) is 28.5 Å². The van der Waals surface area contributed by atoms with Crippen molar-refractivity contribution in [2.45, 2.75) is 6.42 Å². The van der Waals surface area contributed by atoms with Gasteiger partial charge in [-0.1, -0.05) is 24.3 Å². The first-order valence-corrected chi connectivity index (χ1v) is 8.41. The Labute approximate surface area is 152 Å². The Kier molecular flexibility index (Phi) is 5.34. The molecular weight excluding hydrogens is 328 g/mol. The minimum absolute atomic E-state index is 0.0998. The summed E-state index contributed by atoms with van der Waals surface area (Å²) in [6.07, 6.45) is 2.14. The van der Waals surface area contributed by atoms with E-state index in [4.69, 9.17) is 0 Å². The van der Waals surface area contributed by atoms with E-state index < -0.39 is 0 Å². The predicted molar refractivity (Wildman–Crippen MR) is 104 cm³/mol. The number of aromatic amines is 1. The predicted octanol–water partition coefficient (Wildman–Crippen LogP) is 2.85. The van der Waals surface area contributed by atoms with Gasteiger partial charge >= 0.3 is 0 Å². The van der Waals surface area contributed by atoms with Gasteiger partial charge in [0.1, 0.15) is 0 Å². The number of likely N-dealkylation sites (N-methyl/N-ethyl adjacent to an activating group) is 1. The zero-order valence-electron chi connectivity index (χ0n) is 14.9. The second kappa shape index (κ2) is 7.84. The number of para-hydroxylation sites is 1. The molecule has 0 bridgehead atoms. The Morgan fingerprint density at radius 1 is 0.962 bits per heavy atom. The Balaban J connectivity index is 1.64. The van der Waals surface area contributed by atoms with Crippen LogP contribution in [0.25, 0.3) is 10.9 Å². The van der Waals surface area contributed by atoms with E-state index in [1.165, 1.54) is 0 Å². The molecule has 0 spiro atoms. The fraction of sp³-hybridized carbons (Fsp3) is 0.200. The molecule has 134 valence electrons. The van der Waals surface area contributed by atoms with Gasteiger partial charge in [0.05, 0.1) is 13.0 Å². The van der Waals surface area contributed by atoms with Crippen LogP contribution in [-0.4, -0.2) is 42.3 Å². The van der Waals surface area contributed by atoms with Gasteiger partial charge < -0.3 is 20.5 Å². The molecule has 0 aliphatic rings. The molecule has 1 aromatic heterocycles. The summed E-state index contributed by atoms with van der Waals surface area (Å²) in [7, 11) is 3.67. The minimum atomic E-state index is -0.105. The first-order valence-electron chi connectivity index (χ1n) is 8.41. The number of hydrogen-bond donors (Lipinski definition) is 3. The molecule has 3 rings (SSSR count). The fourth-order valence-electron chi connectivity index (χ4n) is 2.82. The highest BCUT2D eigenvalue weighted by atomic mass is 16.2. The molecule has 0 aliphatic heterocycles. The number of aromatic nitrogens is 1. The van der Waals surface area contributed by atoms with E-state index in [1.807, 2.05) is 44.6 Å². The number of carbonyl (C=O) groups excluding carboxylic acids is 2. The lowest BCUT2D eigenvalue weighted by molar-refractivity contribution is -0.117. The summed E-state index contributed by atoms with van der Waals surface area (Å²) >= 11 is 0. The Morgan fingerprint density at radius 3 is 2.38 bits per heavy atom. The molecule has 26 heavy (non-hydrogen) atoms. The number of hydrogen-bond acceptors (Lipinski definition) is 3. The van der Waals surface area contributed by atoms with Crippen LogP contribution >= 0.6 is 0 Å². The summed E-state index contributed by atoms with van der Waals surface area (Å²) in [5.41, 5.74) is 3.27. The van der Waals surface area contributed by atoms with Gasteiger partial charge in [-0.05, 0) is 43.9 Å². The summed E-state index contributed by atoms with van der Waals surface area (Å²) < 4.78 is 0. The Hall–Kier alpha value is -3.12. The molecule has 0 saturated carbocycles. The Bertz CT molecular complexity index is 930. The van der Waals surface area contributed by atoms with Crippen molar-refractivity contribution in [2.24, 2.45) is 0 Å². The van der Waals surface area contributed by atoms with Crippen LogP contribution in [0.15, 0.2) is 54.7 Å². The molecule has 0 radical (unpaired) electrons. The minimum Gasteiger partial charge on any atom is -0.361 e. The lowest BCUT2D eigenvalue weighted by Gasteiger charge is -2.11. The molecule has 2 aromatic carbocycles. The number of anilines is 2. The average Bonchev–Trinajstić information content (AvgIpc) is 2.97. The maximum Gasteiger partial charge on any atom is 0.238 e. The SMILES string of the molecule is CN(C)CC(=O)Nc1cccc(NC(=O)Cc2c[nH]c3ccccc23)c1. The number of amides is 2. The topological polar surface area (TPSA) is 77.2 Å². The van der Waals surface area contributed by atoms with Crippen LogP contribution in [0.3, 0.4) is 0 Å². The van der Waals surface area contributed by atoms with E-state index in [0.29, 0.717) is 17.9 Å². The van der Waals surface area contributed by atoms with Crippen LogP contribution in [0.5, 0.6) is 0 Å². The molecule has 6 nitrogen and oxygen atoms in total. The molecule has 3 aromatic rings. The van der Waals surface area contributed by atoms with E-state index in [-0.39, 0.29) is 18.2 Å². The van der Waals surface area contributed by atoms with Crippen LogP contribution in [0.2, 0.25) is 0 Å². The van der Waals surface area contributed by atoms with Gasteiger partial charge in [-0.3, -0.25) is 9.59 Å². The highest BCUT2D eigenvalue weighted by Crippen LogP contribution is 2.19. The third-order valence-corrected chi connectivity index (χ3v) is 3.92. The van der Waals surface area contributed by atoms with Crippen molar-refractivity contribution in [1.82, 2.24) is 9.88 Å². The number of benzene rings is 2. The van der Waals surface area contributed by atoms with Crippen LogP contribution in [0.4, 0.5) is 11.4 Å². The maximum atomic E-state index is 12.4. The van der Waals surface area contributed by atoms with Gasteiger partial charge in [-0.25, -0.2) is 0 Å². The van der Waals surface area contributed by atoms with Gasteiger partial charge in [0.15, 0.2) is 0 Å². The molecule has 0 atom stereocenters. The normalized spacial score (nSPS) is 10.9. The Morgan fingerprint density at radius 2 is 1.65 bits per heavy atom. The molecule has 0 saturated heterocycles. The molecule has 6 heteroatoms. The number of nitrogens with one attached hydrogen (secondary N) is 3. The van der Waals surface area contributed by atoms with Gasteiger partial charge in [0.25, 0.3) is 0 Å². The number of carbonyl (C=O) groups is 2. The second-order valence-electron chi connectivity index (χ2n) is 6.45. The van der Waals surface area contributed by atoms with E-state index in [2.05, 4.69) is 15.6 Å². The van der Waals surface area contributed by atoms with Crippen LogP contribution in [0, 0.1) is 0 Å². The molecule has 2 amide bonds. The van der Waals surface area contributed by atoms with Crippen molar-refractivity contribution in [3.8, 4) is 0 Å². The van der Waals surface area contributed by atoms with Crippen LogP contribution in [0.1, 0.15) is 5.56 Å². The second-order valence-corrected chi connectivity index (χ2v) is 6.45. The monoisotopic (exact) mass is 350 g/mol. The summed E-state index contributed by atoms with van der Waals surface area (Å²) in [6, 6.07) is 15.0. The summed E-state index contributed by atoms with van der Waals surface area (Å²) in [4.78, 5) is 29.2. The van der Waals surface area contributed by atoms with E-state index in [0.717, 1.165) is 16.5 Å². The van der Waals surface area contributed by atoms with E-state index in [1.54, 1.807) is 29.2 Å². The lowest BCUT2D eigenvalue weighted by atomic mass is 10.1. The van der Waals surface area contributed by atoms with Crippen LogP contribution < -0.4 is 10.6 Å². The largest absolute Gasteiger partial charge is 0.361 e. The van der Waals surface area contributed by atoms with Crippen molar-refractivity contribution < 1.29 is 9.59 Å². The zero-order valence-corrected chi connectivity index (χ0v) is 14.9. The number of fused-ring (bicyclic) bond motifs is 1. The van der Waals surface area contributed by atoms with E-state index >= 15 is 0 Å². The van der Waals surface area contributed by atoms with Gasteiger partial charge in [-0.2, -0.15) is 0 Å². The lowest BCUT2D eigenvalue weighted by Crippen LogP contribution is -2.27. The molecule has 0 fully saturated rings. The molecule has 0 aliphatic carbocycles. The fourth-order valence-corrected chi connectivity index (χ4v) is 2.82. The maximum absolute atomic E-state index is 12.4. The summed E-state index contributed by atoms with van der Waals surface area (Å²) in [5.74, 6) is -0.205. The molecule has 3 N–H and O–H groups in total. The molecule has 1 heterocycles. The van der Waals surface area contributed by atoms with Gasteiger partial charge in [-0.15, -0.1) is 0 Å². The highest BCUT2D eigenvalue weighted by Gasteiger charge is 2.10. The van der Waals surface area contributed by atoms with Crippen molar-refractivity contribution in [1.29, 1.82) is 0 Å². The quantitative estimate of drug-likeness (QED) is 0.640. The molecule has 0 unspecified atom stereocenters. The summed E-state index contributed by atoms with van der Waals surface area (Å²) in [6.45, 7) is 0.303. The summed E-state index contributed by atoms with van der Waals surface area (Å²) in [5, 5.41) is 6.75. The number of rotatable bonds is 6. The number of nitrogens with zero attached hydrogens (tertiary/aromatic N) is 1. The van der Waals surface area contributed by atoms with Gasteiger partial charge in [0.2, 0.25) is 11.8 Å². The average molecular weight is 350 g/mol. The van der Waals surface area contributed by atoms with E-state index in [9.17, 15) is 9.59 Å². The standard InChI is InChI=1S/C20H22N4O2/c1-24(2)13-20(26)23-16-7-5-6-15(11-16)22-19(25)10-14-12-21-18-9-4-3-8-17(14)18/h3-9,11-12,21H,10,13H2,1-2H3,(H,22,25)(H,23,26).